The van der Waals surface area contributed by atoms with Crippen LogP contribution in [0.25, 0.3) is 33.3 Å². The minimum Gasteiger partial charge on any atom is -0.478 e. The molecule has 0 amide bonds. The maximum absolute atomic E-state index is 13.8. The van der Waals surface area contributed by atoms with E-state index in [2.05, 4.69) is 28.1 Å². The van der Waals surface area contributed by atoms with Gasteiger partial charge in [0.1, 0.15) is 5.82 Å². The zero-order valence-electron chi connectivity index (χ0n) is 18.9. The predicted molar refractivity (Wildman–Crippen MR) is 130 cm³/mol. The second-order valence-electron chi connectivity index (χ2n) is 8.55. The fourth-order valence-corrected chi connectivity index (χ4v) is 4.64. The first-order valence-corrected chi connectivity index (χ1v) is 11.3. The summed E-state index contributed by atoms with van der Waals surface area (Å²) >= 11 is 0. The lowest BCUT2D eigenvalue weighted by atomic mass is 9.95. The number of halogens is 1. The first-order chi connectivity index (χ1) is 16.5. The lowest BCUT2D eigenvalue weighted by molar-refractivity contribution is 0.0342. The molecule has 4 aromatic rings. The molecule has 0 radical (unpaired) electrons. The summed E-state index contributed by atoms with van der Waals surface area (Å²) in [5.74, 6) is -1.57. The van der Waals surface area contributed by atoms with Crippen molar-refractivity contribution in [2.24, 2.45) is 0 Å². The molecule has 1 saturated heterocycles. The number of hydrogen-bond acceptors (Lipinski definition) is 4. The van der Waals surface area contributed by atoms with Crippen LogP contribution in [-0.4, -0.2) is 47.3 Å². The number of rotatable bonds is 5. The molecule has 0 aliphatic carbocycles. The molecule has 1 aromatic heterocycles. The van der Waals surface area contributed by atoms with Gasteiger partial charge in [-0.2, -0.15) is 0 Å². The van der Waals surface area contributed by atoms with Crippen LogP contribution in [0.15, 0.2) is 66.7 Å². The third-order valence-electron chi connectivity index (χ3n) is 6.39. The summed E-state index contributed by atoms with van der Waals surface area (Å²) < 4.78 is 19.3. The summed E-state index contributed by atoms with van der Waals surface area (Å²) in [5.41, 5.74) is 5.99. The van der Waals surface area contributed by atoms with Gasteiger partial charge in [0.2, 0.25) is 0 Å². The molecule has 5 nitrogen and oxygen atoms in total. The molecule has 1 aliphatic heterocycles. The predicted octanol–water partition coefficient (Wildman–Crippen LogP) is 5.55. The third kappa shape index (κ3) is 4.30. The van der Waals surface area contributed by atoms with Crippen LogP contribution in [0, 0.1) is 12.7 Å². The molecule has 2 heterocycles. The molecule has 0 bridgehead atoms. The van der Waals surface area contributed by atoms with Gasteiger partial charge < -0.3 is 9.84 Å². The van der Waals surface area contributed by atoms with Crippen molar-refractivity contribution in [2.45, 2.75) is 13.5 Å². The standard InChI is InChI=1S/C28H25FN2O3/c1-18-26(28(32)33)24-16-22(29)10-11-25(24)30-27(18)20-8-6-19(7-9-20)23-5-3-2-4-21(23)17-31-12-14-34-15-13-31/h2-11,16H,12-15,17H2,1H3,(H,32,33). The Labute approximate surface area is 197 Å². The van der Waals surface area contributed by atoms with Gasteiger partial charge in [0.25, 0.3) is 0 Å². The van der Waals surface area contributed by atoms with Crippen LogP contribution in [0.2, 0.25) is 0 Å². The number of ether oxygens (including phenoxy) is 1. The molecule has 0 unspecified atom stereocenters. The molecule has 0 atom stereocenters. The van der Waals surface area contributed by atoms with Crippen molar-refractivity contribution in [1.82, 2.24) is 9.88 Å². The summed E-state index contributed by atoms with van der Waals surface area (Å²) in [4.78, 5) is 19.1. The van der Waals surface area contributed by atoms with Crippen LogP contribution in [0.5, 0.6) is 0 Å². The molecule has 0 spiro atoms. The van der Waals surface area contributed by atoms with Gasteiger partial charge in [0, 0.05) is 30.6 Å². The Balaban J connectivity index is 1.52. The van der Waals surface area contributed by atoms with Gasteiger partial charge in [-0.05, 0) is 47.4 Å². The number of carboxylic acid groups (broad SMARTS) is 1. The molecule has 0 saturated carbocycles. The maximum atomic E-state index is 13.8. The van der Waals surface area contributed by atoms with Crippen molar-refractivity contribution in [3.05, 3.63) is 89.2 Å². The Hall–Kier alpha value is -3.61. The van der Waals surface area contributed by atoms with Crippen molar-refractivity contribution in [2.75, 3.05) is 26.3 Å². The molecule has 34 heavy (non-hydrogen) atoms. The highest BCUT2D eigenvalue weighted by molar-refractivity contribution is 6.05. The van der Waals surface area contributed by atoms with E-state index in [1.807, 2.05) is 30.3 Å². The first kappa shape index (κ1) is 22.2. The third-order valence-corrected chi connectivity index (χ3v) is 6.39. The Morgan fingerprint density at radius 3 is 2.47 bits per heavy atom. The smallest absolute Gasteiger partial charge is 0.336 e. The SMILES string of the molecule is Cc1c(-c2ccc(-c3ccccc3CN3CCOCC3)cc2)nc2ccc(F)cc2c1C(=O)O. The van der Waals surface area contributed by atoms with Crippen LogP contribution in [-0.2, 0) is 11.3 Å². The average Bonchev–Trinajstić information content (AvgIpc) is 2.84. The highest BCUT2D eigenvalue weighted by Crippen LogP contribution is 2.32. The minimum absolute atomic E-state index is 0.0828. The van der Waals surface area contributed by atoms with Crippen LogP contribution >= 0.6 is 0 Å². The van der Waals surface area contributed by atoms with E-state index in [-0.39, 0.29) is 5.56 Å². The van der Waals surface area contributed by atoms with Crippen molar-refractivity contribution in [3.8, 4) is 22.4 Å². The van der Waals surface area contributed by atoms with Crippen molar-refractivity contribution in [1.29, 1.82) is 0 Å². The number of benzene rings is 3. The minimum atomic E-state index is -1.09. The Bertz CT molecular complexity index is 1360. The fraction of sp³-hybridized carbons (Fsp3) is 0.214. The van der Waals surface area contributed by atoms with Gasteiger partial charge in [-0.1, -0.05) is 48.5 Å². The first-order valence-electron chi connectivity index (χ1n) is 11.3. The Kier molecular flexibility index (Phi) is 6.09. The maximum Gasteiger partial charge on any atom is 0.336 e. The van der Waals surface area contributed by atoms with E-state index in [1.165, 1.54) is 29.3 Å². The molecular weight excluding hydrogens is 431 g/mol. The molecule has 6 heteroatoms. The summed E-state index contributed by atoms with van der Waals surface area (Å²) in [6.07, 6.45) is 0. The number of nitrogens with zero attached hydrogens (tertiary/aromatic N) is 2. The summed E-state index contributed by atoms with van der Waals surface area (Å²) in [6, 6.07) is 20.5. The quantitative estimate of drug-likeness (QED) is 0.427. The average molecular weight is 457 g/mol. The molecule has 1 fully saturated rings. The number of carbonyl (C=O) groups is 1. The summed E-state index contributed by atoms with van der Waals surface area (Å²) in [6.45, 7) is 5.97. The van der Waals surface area contributed by atoms with Gasteiger partial charge >= 0.3 is 5.97 Å². The number of carboxylic acids is 1. The number of aromatic carboxylic acids is 1. The molecular formula is C28H25FN2O3. The normalized spacial score (nSPS) is 14.4. The second kappa shape index (κ2) is 9.33. The van der Waals surface area contributed by atoms with E-state index in [4.69, 9.17) is 4.74 Å². The number of morpholine rings is 1. The fourth-order valence-electron chi connectivity index (χ4n) is 4.64. The molecule has 1 N–H and O–H groups in total. The highest BCUT2D eigenvalue weighted by Gasteiger charge is 2.19. The second-order valence-corrected chi connectivity index (χ2v) is 8.55. The van der Waals surface area contributed by atoms with Gasteiger partial charge in [-0.25, -0.2) is 14.2 Å². The molecule has 1 aliphatic rings. The van der Waals surface area contributed by atoms with E-state index in [1.54, 1.807) is 6.92 Å². The highest BCUT2D eigenvalue weighted by atomic mass is 19.1. The van der Waals surface area contributed by atoms with Gasteiger partial charge in [-0.3, -0.25) is 4.90 Å². The largest absolute Gasteiger partial charge is 0.478 e. The Morgan fingerprint density at radius 2 is 1.74 bits per heavy atom. The van der Waals surface area contributed by atoms with Crippen LogP contribution < -0.4 is 0 Å². The van der Waals surface area contributed by atoms with Gasteiger partial charge in [-0.15, -0.1) is 0 Å². The van der Waals surface area contributed by atoms with Crippen molar-refractivity contribution in [3.63, 3.8) is 0 Å². The number of fused-ring (bicyclic) bond motifs is 1. The topological polar surface area (TPSA) is 62.7 Å². The number of aromatic nitrogens is 1. The van der Waals surface area contributed by atoms with Crippen LogP contribution in [0.3, 0.4) is 0 Å². The van der Waals surface area contributed by atoms with E-state index in [0.29, 0.717) is 22.2 Å². The zero-order valence-corrected chi connectivity index (χ0v) is 18.9. The lowest BCUT2D eigenvalue weighted by Gasteiger charge is -2.27. The van der Waals surface area contributed by atoms with E-state index < -0.39 is 11.8 Å². The molecule has 172 valence electrons. The Morgan fingerprint density at radius 1 is 1.03 bits per heavy atom. The molecule has 5 rings (SSSR count). The monoisotopic (exact) mass is 456 g/mol. The number of hydrogen-bond donors (Lipinski definition) is 1. The lowest BCUT2D eigenvalue weighted by Crippen LogP contribution is -2.35. The van der Waals surface area contributed by atoms with Gasteiger partial charge in [0.15, 0.2) is 0 Å². The van der Waals surface area contributed by atoms with Crippen molar-refractivity contribution >= 4 is 16.9 Å². The summed E-state index contributed by atoms with van der Waals surface area (Å²) in [5, 5.41) is 10.1. The van der Waals surface area contributed by atoms with Crippen LogP contribution in [0.1, 0.15) is 21.5 Å². The summed E-state index contributed by atoms with van der Waals surface area (Å²) in [7, 11) is 0. The zero-order chi connectivity index (χ0) is 23.7. The number of pyridine rings is 1. The van der Waals surface area contributed by atoms with Crippen molar-refractivity contribution < 1.29 is 19.0 Å². The molecule has 3 aromatic carbocycles. The van der Waals surface area contributed by atoms with E-state index in [0.717, 1.165) is 44.0 Å². The van der Waals surface area contributed by atoms with E-state index >= 15 is 0 Å². The van der Waals surface area contributed by atoms with Crippen LogP contribution in [0.4, 0.5) is 4.39 Å². The van der Waals surface area contributed by atoms with Gasteiger partial charge in [0.05, 0.1) is 30.0 Å². The van der Waals surface area contributed by atoms with E-state index in [9.17, 15) is 14.3 Å².